The molecule has 2 aliphatic heterocycles. The molecule has 2 saturated heterocycles. The fourth-order valence-electron chi connectivity index (χ4n) is 13.0. The zero-order chi connectivity index (χ0) is 76.6. The lowest BCUT2D eigenvalue weighted by molar-refractivity contribution is -0.369. The third-order valence-electron chi connectivity index (χ3n) is 24.1. The lowest BCUT2D eigenvalue weighted by atomic mass is 9.76. The van der Waals surface area contributed by atoms with Gasteiger partial charge in [-0.15, -0.1) is 0 Å². The SMILES string of the molecule is CC[Si](CC)(CC)O[C@@H](COC)C[C@H]1O[C@@](OC)([C@H](O)[C@H](O)C[C@H](OC)[C@H](CCCCC(C)/C=C/C[C@@H](O[C@@H]2O[C@@H](C)[C@H](OC)[C@H](O[Si](C)(C)C(C)(C)C)[C@H]2O[Si](C)(C)C(C)(C)C)[C@H](C)/C=C(C)/C=C(C)/C=C(\C)C(=O)OC)O[Si](C)(C)C(C)(C)C)[C@H](C)[C@@H](O[Si](C)(C)C(C)(C)C)[C@H]1C. The molecule has 0 aliphatic carbocycles. The van der Waals surface area contributed by atoms with Crippen LogP contribution in [0.15, 0.2) is 47.1 Å². The molecule has 2 fully saturated rings. The molecule has 18 atom stereocenters. The molecular weight excluding hydrogens is 1330 g/mol. The standard InChI is InChI=1S/C78H154O16Si5/c1-37-99(38-2,39-3)90-61(52-82-24)50-65-58(9)67(92-96(31,32)75(15,16)17)59(10)78(86-28,89-65)71(80)62(79)51-66(83-25)64(91-95(29,30)74(12,13)14)45-41-40-43-53(4)44-42-46-63(56(7)48-54(5)47-55(6)49-57(8)72(81)85-27)88-73-70(94-98(35,36)77(21,22)23)69(68(84-26)60(11)87-73)93-97(33,34)76(18,19)20/h42,44,47-49,53,56,58-71,73,79-80H,37-41,43,45-46,50-52H2,1-36H3/b44-42+,54-48+,55-47+,57-49+/t53?,56-,58+,59-,60+,61-,62-,63-,64+,65-,66+,67+,68+,69+,70-,71-,73+,78-/m1/s1. The molecule has 99 heavy (non-hydrogen) atoms. The van der Waals surface area contributed by atoms with Crippen LogP contribution in [-0.2, 0) is 64.8 Å². The maximum atomic E-state index is 12.9. The molecule has 2 rings (SSSR count). The fraction of sp³-hybridized carbons (Fsp3) is 0.885. The Morgan fingerprint density at radius 2 is 1.13 bits per heavy atom. The van der Waals surface area contributed by atoms with Gasteiger partial charge in [0.25, 0.3) is 0 Å². The minimum atomic E-state index is -2.46. The molecule has 0 saturated carbocycles. The highest BCUT2D eigenvalue weighted by Gasteiger charge is 2.60. The molecule has 0 radical (unpaired) electrons. The molecule has 0 spiro atoms. The van der Waals surface area contributed by atoms with Gasteiger partial charge in [0, 0.05) is 64.6 Å². The fourth-order valence-corrected chi connectivity index (χ4v) is 21.3. The van der Waals surface area contributed by atoms with Crippen molar-refractivity contribution in [1.82, 2.24) is 0 Å². The van der Waals surface area contributed by atoms with Crippen LogP contribution < -0.4 is 0 Å². The molecule has 0 aromatic carbocycles. The summed E-state index contributed by atoms with van der Waals surface area (Å²) in [6.45, 7) is 68.9. The van der Waals surface area contributed by atoms with Gasteiger partial charge in [-0.1, -0.05) is 180 Å². The Bertz CT molecular complexity index is 2520. The summed E-state index contributed by atoms with van der Waals surface area (Å²) < 4.78 is 88.4. The largest absolute Gasteiger partial charge is 0.466 e. The Kier molecular flexibility index (Phi) is 37.2. The quantitative estimate of drug-likeness (QED) is 0.0148. The Balaban J connectivity index is 2.68. The first-order valence-corrected chi connectivity index (χ1v) is 52.0. The van der Waals surface area contributed by atoms with Crippen molar-refractivity contribution >= 4 is 47.6 Å². The van der Waals surface area contributed by atoms with Gasteiger partial charge in [0.05, 0.1) is 62.5 Å². The summed E-state index contributed by atoms with van der Waals surface area (Å²) in [5, 5.41) is 25.2. The van der Waals surface area contributed by atoms with Gasteiger partial charge in [-0.05, 0) is 150 Å². The lowest BCUT2D eigenvalue weighted by Crippen LogP contribution is -2.68. The van der Waals surface area contributed by atoms with Crippen molar-refractivity contribution in [2.75, 3.05) is 42.2 Å². The van der Waals surface area contributed by atoms with Crippen LogP contribution in [0.4, 0.5) is 0 Å². The third kappa shape index (κ3) is 26.1. The number of allylic oxidation sites excluding steroid dienone is 5. The zero-order valence-corrected chi connectivity index (χ0v) is 75.1. The van der Waals surface area contributed by atoms with Crippen LogP contribution in [0.5, 0.6) is 0 Å². The maximum absolute atomic E-state index is 12.9. The van der Waals surface area contributed by atoms with Gasteiger partial charge in [-0.3, -0.25) is 0 Å². The monoisotopic (exact) mass is 1490 g/mol. The summed E-state index contributed by atoms with van der Waals surface area (Å²) in [4.78, 5) is 12.4. The van der Waals surface area contributed by atoms with E-state index in [4.69, 9.17) is 60.0 Å². The molecule has 2 N–H and O–H groups in total. The summed E-state index contributed by atoms with van der Waals surface area (Å²) in [5.41, 5.74) is 2.50. The van der Waals surface area contributed by atoms with Crippen molar-refractivity contribution in [2.24, 2.45) is 23.7 Å². The average Bonchev–Trinajstić information content (AvgIpc) is 0.746. The van der Waals surface area contributed by atoms with Gasteiger partial charge in [0.2, 0.25) is 5.79 Å². The van der Waals surface area contributed by atoms with Crippen LogP contribution in [0.25, 0.3) is 0 Å². The Morgan fingerprint density at radius 1 is 0.626 bits per heavy atom. The van der Waals surface area contributed by atoms with Gasteiger partial charge in [0.15, 0.2) is 47.9 Å². The van der Waals surface area contributed by atoms with E-state index in [1.54, 1.807) is 35.4 Å². The number of rotatable bonds is 40. The third-order valence-corrected chi connectivity index (χ3v) is 46.7. The normalized spacial score (nSPS) is 26.8. The second-order valence-electron chi connectivity index (χ2n) is 35.9. The van der Waals surface area contributed by atoms with E-state index >= 15 is 0 Å². The van der Waals surface area contributed by atoms with Crippen LogP contribution in [0, 0.1) is 23.7 Å². The van der Waals surface area contributed by atoms with E-state index in [0.717, 1.165) is 48.5 Å². The predicted octanol–water partition coefficient (Wildman–Crippen LogP) is 19.1. The molecule has 1 unspecified atom stereocenters. The Labute approximate surface area is 612 Å². The van der Waals surface area contributed by atoms with E-state index in [1.165, 1.54) is 7.11 Å². The topological polar surface area (TPSA) is 178 Å². The molecule has 0 bridgehead atoms. The highest BCUT2D eigenvalue weighted by Crippen LogP contribution is 2.50. The molecule has 2 aliphatic rings. The first kappa shape index (κ1) is 94.0. The summed E-state index contributed by atoms with van der Waals surface area (Å²) >= 11 is 0. The smallest absolute Gasteiger partial charge is 0.333 e. The minimum Gasteiger partial charge on any atom is -0.466 e. The molecule has 0 aromatic heterocycles. The van der Waals surface area contributed by atoms with Crippen molar-refractivity contribution in [3.8, 4) is 0 Å². The number of esters is 1. The van der Waals surface area contributed by atoms with Gasteiger partial charge >= 0.3 is 5.97 Å². The van der Waals surface area contributed by atoms with Gasteiger partial charge < -0.3 is 70.2 Å². The molecule has 582 valence electrons. The van der Waals surface area contributed by atoms with Gasteiger partial charge in [0.1, 0.15) is 24.4 Å². The molecule has 16 nitrogen and oxygen atoms in total. The first-order chi connectivity index (χ1) is 45.2. The Morgan fingerprint density at radius 3 is 1.60 bits per heavy atom. The van der Waals surface area contributed by atoms with Crippen molar-refractivity contribution < 1.29 is 75.0 Å². The number of carbonyl (C=O) groups is 1. The van der Waals surface area contributed by atoms with Crippen molar-refractivity contribution in [3.05, 3.63) is 47.1 Å². The number of hydrogen-bond acceptors (Lipinski definition) is 16. The number of hydrogen-bond donors (Lipinski definition) is 2. The van der Waals surface area contributed by atoms with Crippen molar-refractivity contribution in [3.63, 3.8) is 0 Å². The number of ether oxygens (including phenoxy) is 8. The number of aliphatic hydroxyl groups excluding tert-OH is 2. The average molecular weight is 1490 g/mol. The predicted molar refractivity (Wildman–Crippen MR) is 421 cm³/mol. The van der Waals surface area contributed by atoms with Gasteiger partial charge in [-0.2, -0.15) is 0 Å². The second-order valence-corrected chi connectivity index (χ2v) is 59.6. The van der Waals surface area contributed by atoms with Crippen LogP contribution >= 0.6 is 0 Å². The van der Waals surface area contributed by atoms with Crippen LogP contribution in [-0.4, -0.2) is 185 Å². The molecular formula is C78H154O16Si5. The van der Waals surface area contributed by atoms with E-state index in [1.807, 2.05) is 19.9 Å². The van der Waals surface area contributed by atoms with Crippen molar-refractivity contribution in [2.45, 2.75) is 380 Å². The van der Waals surface area contributed by atoms with Crippen LogP contribution in [0.2, 0.25) is 90.7 Å². The second kappa shape index (κ2) is 39.2. The van der Waals surface area contributed by atoms with Crippen LogP contribution in [0.1, 0.15) is 204 Å². The maximum Gasteiger partial charge on any atom is 0.333 e. The first-order valence-electron chi connectivity index (χ1n) is 37.9. The summed E-state index contributed by atoms with van der Waals surface area (Å²) in [7, 11) is -3.62. The summed E-state index contributed by atoms with van der Waals surface area (Å²) in [6.07, 6.45) is 7.73. The molecule has 0 amide bonds. The summed E-state index contributed by atoms with van der Waals surface area (Å²) in [5.74, 6) is -2.43. The van der Waals surface area contributed by atoms with E-state index in [0.29, 0.717) is 31.4 Å². The molecule has 0 aromatic rings. The minimum absolute atomic E-state index is 0.0740. The Hall–Kier alpha value is -1.05. The molecule has 2 heterocycles. The highest BCUT2D eigenvalue weighted by molar-refractivity contribution is 6.75. The molecule has 21 heteroatoms. The van der Waals surface area contributed by atoms with E-state index in [9.17, 15) is 15.0 Å². The number of methoxy groups -OCH3 is 5. The highest BCUT2D eigenvalue weighted by atomic mass is 28.4. The number of carbonyl (C=O) groups excluding carboxylic acids is 1. The van der Waals surface area contributed by atoms with E-state index < -0.39 is 96.2 Å². The zero-order valence-electron chi connectivity index (χ0n) is 70.1. The van der Waals surface area contributed by atoms with E-state index in [2.05, 4.69) is 215 Å². The number of unbranched alkanes of at least 4 members (excludes halogenated alkanes) is 1. The van der Waals surface area contributed by atoms with Crippen LogP contribution in [0.3, 0.4) is 0 Å². The van der Waals surface area contributed by atoms with Gasteiger partial charge in [-0.25, -0.2) is 4.79 Å². The van der Waals surface area contributed by atoms with E-state index in [-0.39, 0.29) is 86.9 Å². The summed E-state index contributed by atoms with van der Waals surface area (Å²) in [6, 6.07) is 2.99. The lowest BCUT2D eigenvalue weighted by Gasteiger charge is -2.56. The number of aliphatic hydroxyl groups is 2. The van der Waals surface area contributed by atoms with Crippen molar-refractivity contribution in [1.29, 1.82) is 0 Å².